The summed E-state index contributed by atoms with van der Waals surface area (Å²) in [4.78, 5) is 13.1. The van der Waals surface area contributed by atoms with Crippen LogP contribution in [0, 0.1) is 0 Å². The van der Waals surface area contributed by atoms with Gasteiger partial charge in [0.2, 0.25) is 6.79 Å². The van der Waals surface area contributed by atoms with E-state index in [4.69, 9.17) is 9.47 Å². The number of benzene rings is 2. The fourth-order valence-corrected chi connectivity index (χ4v) is 4.17. The number of hydrogen-bond donors (Lipinski definition) is 0. The SMILES string of the molecule is CC.CC.O=C(CC1=CC=C(Cc2ccccc2)C1)C1(c2ccc3c(c2)OCO3)CC1. The third kappa shape index (κ3) is 5.10. The number of carbonyl (C=O) groups is 1. The highest BCUT2D eigenvalue weighted by Gasteiger charge is 2.51. The van der Waals surface area contributed by atoms with Crippen LogP contribution in [-0.4, -0.2) is 12.6 Å². The molecule has 0 amide bonds. The van der Waals surface area contributed by atoms with Crippen molar-refractivity contribution in [3.05, 3.63) is 83.0 Å². The third-order valence-electron chi connectivity index (χ3n) is 5.88. The first-order chi connectivity index (χ1) is 15.2. The van der Waals surface area contributed by atoms with Crippen molar-refractivity contribution in [3.8, 4) is 11.5 Å². The summed E-state index contributed by atoms with van der Waals surface area (Å²) in [7, 11) is 0. The molecular weight excluding hydrogens is 384 g/mol. The Morgan fingerprint density at radius 1 is 0.871 bits per heavy atom. The van der Waals surface area contributed by atoms with Crippen molar-refractivity contribution in [1.82, 2.24) is 0 Å². The van der Waals surface area contributed by atoms with Gasteiger partial charge in [-0.1, -0.05) is 87.4 Å². The first kappa shape index (κ1) is 22.9. The van der Waals surface area contributed by atoms with Gasteiger partial charge in [0.15, 0.2) is 11.5 Å². The summed E-state index contributed by atoms with van der Waals surface area (Å²) in [5, 5.41) is 0. The molecule has 1 saturated carbocycles. The van der Waals surface area contributed by atoms with E-state index in [-0.39, 0.29) is 12.2 Å². The molecule has 0 atom stereocenters. The molecular formula is C28H34O3. The maximum Gasteiger partial charge on any atom is 0.231 e. The summed E-state index contributed by atoms with van der Waals surface area (Å²) in [6.07, 6.45) is 8.62. The van der Waals surface area contributed by atoms with Crippen molar-refractivity contribution in [2.75, 3.05) is 6.79 Å². The molecule has 3 heteroatoms. The first-order valence-electron chi connectivity index (χ1n) is 11.6. The minimum absolute atomic E-state index is 0.266. The van der Waals surface area contributed by atoms with Gasteiger partial charge in [-0.05, 0) is 48.9 Å². The minimum Gasteiger partial charge on any atom is -0.454 e. The van der Waals surface area contributed by atoms with E-state index in [2.05, 4.69) is 36.4 Å². The second kappa shape index (κ2) is 10.5. The molecule has 2 aromatic rings. The van der Waals surface area contributed by atoms with Crippen LogP contribution in [0.25, 0.3) is 0 Å². The van der Waals surface area contributed by atoms with Gasteiger partial charge in [-0.15, -0.1) is 0 Å². The van der Waals surface area contributed by atoms with Crippen molar-refractivity contribution in [2.24, 2.45) is 0 Å². The van der Waals surface area contributed by atoms with Gasteiger partial charge in [0.1, 0.15) is 5.78 Å². The fourth-order valence-electron chi connectivity index (χ4n) is 4.17. The lowest BCUT2D eigenvalue weighted by Gasteiger charge is -2.16. The Balaban J connectivity index is 0.000000645. The van der Waals surface area contributed by atoms with Gasteiger partial charge in [-0.3, -0.25) is 4.79 Å². The Kier molecular flexibility index (Phi) is 7.73. The second-order valence-electron chi connectivity index (χ2n) is 7.74. The molecule has 1 fully saturated rings. The lowest BCUT2D eigenvalue weighted by atomic mass is 9.87. The summed E-state index contributed by atoms with van der Waals surface area (Å²) < 4.78 is 10.9. The second-order valence-corrected chi connectivity index (χ2v) is 7.74. The monoisotopic (exact) mass is 418 g/mol. The van der Waals surface area contributed by atoms with Crippen molar-refractivity contribution in [1.29, 1.82) is 0 Å². The van der Waals surface area contributed by atoms with Crippen LogP contribution in [0.2, 0.25) is 0 Å². The van der Waals surface area contributed by atoms with Crippen molar-refractivity contribution in [2.45, 2.75) is 65.2 Å². The van der Waals surface area contributed by atoms with Gasteiger partial charge in [-0.2, -0.15) is 0 Å². The summed E-state index contributed by atoms with van der Waals surface area (Å²) in [5.41, 5.74) is 4.70. The molecule has 2 aromatic carbocycles. The molecule has 1 heterocycles. The zero-order chi connectivity index (χ0) is 22.3. The fraction of sp³-hybridized carbons (Fsp3) is 0.393. The molecule has 0 radical (unpaired) electrons. The lowest BCUT2D eigenvalue weighted by Crippen LogP contribution is -2.20. The maximum absolute atomic E-state index is 13.1. The van der Waals surface area contributed by atoms with E-state index in [0.29, 0.717) is 12.2 Å². The van der Waals surface area contributed by atoms with E-state index in [1.165, 1.54) is 16.7 Å². The van der Waals surface area contributed by atoms with Gasteiger partial charge in [0.05, 0.1) is 5.41 Å². The van der Waals surface area contributed by atoms with Crippen LogP contribution < -0.4 is 9.47 Å². The molecule has 0 unspecified atom stereocenters. The van der Waals surface area contributed by atoms with Gasteiger partial charge < -0.3 is 9.47 Å². The number of Topliss-reactive ketones (excluding diaryl/α,β-unsaturated/α-hetero) is 1. The van der Waals surface area contributed by atoms with E-state index in [0.717, 1.165) is 42.7 Å². The van der Waals surface area contributed by atoms with Crippen LogP contribution in [-0.2, 0) is 16.6 Å². The molecule has 31 heavy (non-hydrogen) atoms. The first-order valence-corrected chi connectivity index (χ1v) is 11.6. The zero-order valence-electron chi connectivity index (χ0n) is 19.2. The summed E-state index contributed by atoms with van der Waals surface area (Å²) in [5.74, 6) is 1.87. The van der Waals surface area contributed by atoms with E-state index in [1.54, 1.807) is 0 Å². The maximum atomic E-state index is 13.1. The quantitative estimate of drug-likeness (QED) is 0.509. The minimum atomic E-state index is -0.315. The number of allylic oxidation sites excluding steroid dienone is 4. The highest BCUT2D eigenvalue weighted by molar-refractivity contribution is 5.95. The summed E-state index contributed by atoms with van der Waals surface area (Å²) in [6, 6.07) is 16.5. The van der Waals surface area contributed by atoms with E-state index < -0.39 is 0 Å². The Morgan fingerprint density at radius 2 is 1.55 bits per heavy atom. The van der Waals surface area contributed by atoms with Crippen LogP contribution in [0.3, 0.4) is 0 Å². The number of ether oxygens (including phenoxy) is 2. The van der Waals surface area contributed by atoms with Gasteiger partial charge in [0, 0.05) is 6.42 Å². The topological polar surface area (TPSA) is 35.5 Å². The molecule has 2 aliphatic carbocycles. The number of fused-ring (bicyclic) bond motifs is 1. The molecule has 1 aliphatic heterocycles. The number of hydrogen-bond acceptors (Lipinski definition) is 3. The van der Waals surface area contributed by atoms with Crippen molar-refractivity contribution in [3.63, 3.8) is 0 Å². The molecule has 3 nitrogen and oxygen atoms in total. The van der Waals surface area contributed by atoms with Crippen LogP contribution in [0.5, 0.6) is 11.5 Å². The zero-order valence-corrected chi connectivity index (χ0v) is 19.2. The predicted octanol–water partition coefficient (Wildman–Crippen LogP) is 6.96. The lowest BCUT2D eigenvalue weighted by molar-refractivity contribution is -0.120. The van der Waals surface area contributed by atoms with Crippen molar-refractivity contribution >= 4 is 5.78 Å². The predicted molar refractivity (Wildman–Crippen MR) is 127 cm³/mol. The van der Waals surface area contributed by atoms with Crippen molar-refractivity contribution < 1.29 is 14.3 Å². The van der Waals surface area contributed by atoms with Crippen LogP contribution in [0.4, 0.5) is 0 Å². The molecule has 164 valence electrons. The Bertz CT molecular complexity index is 949. The van der Waals surface area contributed by atoms with E-state index in [9.17, 15) is 4.79 Å². The normalized spacial score (nSPS) is 16.8. The van der Waals surface area contributed by atoms with Gasteiger partial charge in [0.25, 0.3) is 0 Å². The molecule has 0 N–H and O–H groups in total. The van der Waals surface area contributed by atoms with E-state index in [1.807, 2.05) is 52.0 Å². The Hall–Kier alpha value is -2.81. The molecule has 3 aliphatic rings. The Morgan fingerprint density at radius 3 is 2.26 bits per heavy atom. The molecule has 0 bridgehead atoms. The average molecular weight is 419 g/mol. The highest BCUT2D eigenvalue weighted by Crippen LogP contribution is 2.52. The Labute approximate surface area is 186 Å². The standard InChI is InChI=1S/C24H22O3.2C2H6/c25-23(14-19-7-6-18(13-19)12-17-4-2-1-3-5-17)24(10-11-24)20-8-9-21-22(15-20)27-16-26-21;2*1-2/h1-9,15H,10-14,16H2;2*1-2H3. The van der Waals surface area contributed by atoms with Crippen LogP contribution in [0.1, 0.15) is 64.5 Å². The van der Waals surface area contributed by atoms with Gasteiger partial charge >= 0.3 is 0 Å². The molecule has 0 saturated heterocycles. The average Bonchev–Trinajstić information content (AvgIpc) is 3.31. The highest BCUT2D eigenvalue weighted by atomic mass is 16.7. The third-order valence-corrected chi connectivity index (χ3v) is 5.88. The number of ketones is 1. The van der Waals surface area contributed by atoms with Gasteiger partial charge in [-0.25, -0.2) is 0 Å². The number of rotatable bonds is 6. The smallest absolute Gasteiger partial charge is 0.231 e. The summed E-state index contributed by atoms with van der Waals surface area (Å²) in [6.45, 7) is 8.27. The van der Waals surface area contributed by atoms with Crippen LogP contribution >= 0.6 is 0 Å². The number of carbonyl (C=O) groups excluding carboxylic acids is 1. The largest absolute Gasteiger partial charge is 0.454 e. The molecule has 0 spiro atoms. The van der Waals surface area contributed by atoms with Crippen LogP contribution in [0.15, 0.2) is 71.8 Å². The molecule has 5 rings (SSSR count). The van der Waals surface area contributed by atoms with E-state index >= 15 is 0 Å². The molecule has 0 aromatic heterocycles. The summed E-state index contributed by atoms with van der Waals surface area (Å²) >= 11 is 0.